The van der Waals surface area contributed by atoms with E-state index < -0.39 is 90.4 Å². The van der Waals surface area contributed by atoms with Crippen LogP contribution >= 0.6 is 0 Å². The lowest BCUT2D eigenvalue weighted by molar-refractivity contribution is -0.360. The summed E-state index contributed by atoms with van der Waals surface area (Å²) in [6.45, 7) is 4.06. The van der Waals surface area contributed by atoms with E-state index in [0.717, 1.165) is 27.9 Å². The van der Waals surface area contributed by atoms with Gasteiger partial charge >= 0.3 is 17.9 Å². The number of methoxy groups -OCH3 is 1. The Labute approximate surface area is 264 Å². The van der Waals surface area contributed by atoms with Crippen LogP contribution in [0.5, 0.6) is 0 Å². The minimum absolute atomic E-state index is 0.0879. The van der Waals surface area contributed by atoms with Crippen LogP contribution in [-0.2, 0) is 47.5 Å². The lowest BCUT2D eigenvalue weighted by Gasteiger charge is -2.53. The fourth-order valence-corrected chi connectivity index (χ4v) is 5.68. The third-order valence-electron chi connectivity index (χ3n) is 7.70. The van der Waals surface area contributed by atoms with Crippen LogP contribution in [0.2, 0.25) is 0 Å². The maximum Gasteiger partial charge on any atom is 0.303 e. The maximum absolute atomic E-state index is 14.3. The minimum atomic E-state index is -3.13. The lowest BCUT2D eigenvalue weighted by Crippen LogP contribution is -2.79. The number of esters is 3. The smallest absolute Gasteiger partial charge is 0.303 e. The van der Waals surface area contributed by atoms with E-state index in [1.54, 1.807) is 12.1 Å². The molecule has 2 N–H and O–H groups in total. The van der Waals surface area contributed by atoms with Crippen molar-refractivity contribution in [1.82, 2.24) is 0 Å². The molecule has 0 bridgehead atoms. The highest BCUT2D eigenvalue weighted by atomic mass is 16.8. The van der Waals surface area contributed by atoms with E-state index in [-0.39, 0.29) is 11.1 Å². The molecule has 2 saturated heterocycles. The second kappa shape index (κ2) is 14.2. The van der Waals surface area contributed by atoms with Crippen molar-refractivity contribution in [2.75, 3.05) is 13.7 Å². The van der Waals surface area contributed by atoms with E-state index >= 15 is 0 Å². The van der Waals surface area contributed by atoms with E-state index in [4.69, 9.17) is 33.2 Å². The number of benzene rings is 2. The topological polar surface area (TPSA) is 190 Å². The monoisotopic (exact) mass is 644 g/mol. The van der Waals surface area contributed by atoms with Gasteiger partial charge in [-0.3, -0.25) is 24.0 Å². The Bertz CT molecular complexity index is 1430. The van der Waals surface area contributed by atoms with Gasteiger partial charge in [0.1, 0.15) is 6.10 Å². The van der Waals surface area contributed by atoms with Crippen molar-refractivity contribution in [3.05, 3.63) is 71.8 Å². The highest BCUT2D eigenvalue weighted by Crippen LogP contribution is 2.43. The molecule has 4 rings (SSSR count). The molecule has 46 heavy (non-hydrogen) atoms. The van der Waals surface area contributed by atoms with Crippen molar-refractivity contribution in [2.24, 2.45) is 0 Å². The molecule has 14 nitrogen and oxygen atoms in total. The zero-order valence-electron chi connectivity index (χ0n) is 25.8. The first-order valence-electron chi connectivity index (χ1n) is 14.4. The summed E-state index contributed by atoms with van der Waals surface area (Å²) >= 11 is 0. The van der Waals surface area contributed by atoms with Crippen molar-refractivity contribution < 1.29 is 67.3 Å². The van der Waals surface area contributed by atoms with Crippen molar-refractivity contribution in [2.45, 2.75) is 82.0 Å². The van der Waals surface area contributed by atoms with Crippen LogP contribution in [0.25, 0.3) is 0 Å². The zero-order valence-corrected chi connectivity index (χ0v) is 25.8. The van der Waals surface area contributed by atoms with Crippen molar-refractivity contribution in [1.29, 1.82) is 0 Å². The Balaban J connectivity index is 1.86. The average molecular weight is 645 g/mol. The van der Waals surface area contributed by atoms with Crippen LogP contribution in [0, 0.1) is 0 Å². The number of hydrogen-bond acceptors (Lipinski definition) is 14. The second-order valence-corrected chi connectivity index (χ2v) is 10.9. The summed E-state index contributed by atoms with van der Waals surface area (Å²) in [7, 11) is 1.12. The third-order valence-corrected chi connectivity index (χ3v) is 7.70. The fraction of sp³-hybridized carbons (Fsp3) is 0.469. The van der Waals surface area contributed by atoms with Gasteiger partial charge in [0, 0.05) is 39.0 Å². The fourth-order valence-electron chi connectivity index (χ4n) is 5.68. The number of carbonyl (C=O) groups excluding carboxylic acids is 5. The van der Waals surface area contributed by atoms with Crippen LogP contribution in [0.4, 0.5) is 0 Å². The molecule has 0 aliphatic carbocycles. The predicted octanol–water partition coefficient (Wildman–Crippen LogP) is 1.14. The summed E-state index contributed by atoms with van der Waals surface area (Å²) in [6, 6.07) is 14.8. The quantitative estimate of drug-likeness (QED) is 0.213. The van der Waals surface area contributed by atoms with E-state index in [0.29, 0.717) is 0 Å². The highest BCUT2D eigenvalue weighted by molar-refractivity contribution is 6.13. The van der Waals surface area contributed by atoms with Gasteiger partial charge in [0.15, 0.2) is 36.5 Å². The number of carbonyl (C=O) groups is 5. The van der Waals surface area contributed by atoms with Gasteiger partial charge in [-0.2, -0.15) is 0 Å². The normalized spacial score (nSPS) is 32.5. The first-order chi connectivity index (χ1) is 21.7. The molecular weight excluding hydrogens is 608 g/mol. The molecule has 0 spiro atoms. The molecule has 14 heteroatoms. The number of rotatable bonds is 10. The Morgan fingerprint density at radius 2 is 1.17 bits per heavy atom. The molecular formula is C32H36O14. The van der Waals surface area contributed by atoms with Crippen LogP contribution in [0.1, 0.15) is 48.4 Å². The highest BCUT2D eigenvalue weighted by Gasteiger charge is 2.71. The molecule has 2 aliphatic rings. The van der Waals surface area contributed by atoms with Gasteiger partial charge in [0.25, 0.3) is 0 Å². The standard InChI is InChI=1S/C32H36O14/c1-17-24(43-18(2)33)25(44-19(3)34)26(45-20(4)35)29(42-17)46-23-16-41-30(40-5)32(39,28(37)22-14-10-7-11-15-22)31(23,38)27(36)21-12-8-6-9-13-21/h6-15,17,23-26,29-30,38-39H,16H2,1-5H3/t17-,23+,24-,25+,26+,29-,30-,31+,32-/m0/s1. The Morgan fingerprint density at radius 3 is 1.65 bits per heavy atom. The molecule has 2 aliphatic heterocycles. The third kappa shape index (κ3) is 6.58. The van der Waals surface area contributed by atoms with Crippen LogP contribution < -0.4 is 0 Å². The molecule has 0 saturated carbocycles. The Kier molecular flexibility index (Phi) is 10.7. The van der Waals surface area contributed by atoms with Gasteiger partial charge in [-0.25, -0.2) is 0 Å². The first-order valence-corrected chi connectivity index (χ1v) is 14.4. The van der Waals surface area contributed by atoms with Gasteiger partial charge in [0.2, 0.25) is 17.2 Å². The first kappa shape index (κ1) is 34.8. The SMILES string of the molecule is CO[C@H]1OC[C@@H](O[C@@H]2O[C@@H](C)[C@H](OC(C)=O)[C@@H](OC(C)=O)[C@H]2OC(C)=O)[C@@](O)(C(=O)c2ccccc2)[C@]1(O)C(=O)c1ccccc1. The lowest BCUT2D eigenvalue weighted by atomic mass is 9.68. The molecule has 0 aromatic heterocycles. The van der Waals surface area contributed by atoms with E-state index in [1.807, 2.05) is 0 Å². The van der Waals surface area contributed by atoms with Crippen molar-refractivity contribution >= 4 is 29.5 Å². The van der Waals surface area contributed by atoms with Crippen LogP contribution in [-0.4, -0.2) is 108 Å². The molecule has 9 atom stereocenters. The molecule has 248 valence electrons. The van der Waals surface area contributed by atoms with Crippen molar-refractivity contribution in [3.63, 3.8) is 0 Å². The van der Waals surface area contributed by atoms with E-state index in [1.165, 1.54) is 55.5 Å². The van der Waals surface area contributed by atoms with Gasteiger partial charge in [-0.1, -0.05) is 60.7 Å². The largest absolute Gasteiger partial charge is 0.456 e. The molecule has 2 heterocycles. The predicted molar refractivity (Wildman–Crippen MR) is 154 cm³/mol. The molecule has 2 aromatic carbocycles. The summed E-state index contributed by atoms with van der Waals surface area (Å²) < 4.78 is 39.2. The van der Waals surface area contributed by atoms with Gasteiger partial charge in [-0.15, -0.1) is 0 Å². The number of Topliss-reactive ketones (excluding diaryl/α,β-unsaturated/α-hetero) is 2. The molecule has 2 fully saturated rings. The number of aliphatic hydroxyl groups is 2. The zero-order chi connectivity index (χ0) is 33.8. The summed E-state index contributed by atoms with van der Waals surface area (Å²) in [6.07, 6.45) is -10.9. The Morgan fingerprint density at radius 1 is 0.717 bits per heavy atom. The van der Waals surface area contributed by atoms with E-state index in [9.17, 15) is 34.2 Å². The second-order valence-electron chi connectivity index (χ2n) is 10.9. The number of hydrogen-bond donors (Lipinski definition) is 2. The molecule has 0 unspecified atom stereocenters. The molecule has 0 amide bonds. The average Bonchev–Trinajstić information content (AvgIpc) is 3.02. The van der Waals surface area contributed by atoms with Gasteiger partial charge in [-0.05, 0) is 6.92 Å². The summed E-state index contributed by atoms with van der Waals surface area (Å²) in [5.74, 6) is -4.70. The van der Waals surface area contributed by atoms with E-state index in [2.05, 4.69) is 0 Å². The van der Waals surface area contributed by atoms with Crippen LogP contribution in [0.3, 0.4) is 0 Å². The van der Waals surface area contributed by atoms with Gasteiger partial charge < -0.3 is 43.4 Å². The molecule has 0 radical (unpaired) electrons. The minimum Gasteiger partial charge on any atom is -0.456 e. The summed E-state index contributed by atoms with van der Waals surface area (Å²) in [5.41, 5.74) is -6.44. The molecule has 2 aromatic rings. The Hall–Kier alpha value is -4.05. The summed E-state index contributed by atoms with van der Waals surface area (Å²) in [5, 5.41) is 24.8. The number of ketones is 2. The summed E-state index contributed by atoms with van der Waals surface area (Å²) in [4.78, 5) is 64.6. The van der Waals surface area contributed by atoms with Crippen molar-refractivity contribution in [3.8, 4) is 0 Å². The van der Waals surface area contributed by atoms with Crippen LogP contribution in [0.15, 0.2) is 60.7 Å². The van der Waals surface area contributed by atoms with Gasteiger partial charge in [0.05, 0.1) is 12.7 Å². The number of ether oxygens (including phenoxy) is 7. The maximum atomic E-state index is 14.3.